The Hall–Kier alpha value is -3.89. The maximum Gasteiger partial charge on any atom is 0.416 e. The summed E-state index contributed by atoms with van der Waals surface area (Å²) in [4.78, 5) is 41.1. The van der Waals surface area contributed by atoms with Gasteiger partial charge in [-0.1, -0.05) is 6.07 Å². The van der Waals surface area contributed by atoms with Gasteiger partial charge in [0.1, 0.15) is 11.6 Å². The number of hydrazine groups is 1. The van der Waals surface area contributed by atoms with Crippen LogP contribution in [0.15, 0.2) is 47.3 Å². The van der Waals surface area contributed by atoms with Gasteiger partial charge in [-0.25, -0.2) is 4.98 Å². The summed E-state index contributed by atoms with van der Waals surface area (Å²) < 4.78 is 44.8. The topological polar surface area (TPSA) is 102 Å². The Bertz CT molecular complexity index is 1270. The van der Waals surface area contributed by atoms with E-state index in [2.05, 4.69) is 15.8 Å². The van der Waals surface area contributed by atoms with Gasteiger partial charge in [0.05, 0.1) is 16.5 Å². The van der Waals surface area contributed by atoms with Gasteiger partial charge in [0.25, 0.3) is 17.4 Å². The van der Waals surface area contributed by atoms with Gasteiger partial charge in [-0.2, -0.15) is 13.2 Å². The molecule has 4 rings (SSSR count). The Morgan fingerprint density at radius 1 is 1.12 bits per heavy atom. The van der Waals surface area contributed by atoms with E-state index in [4.69, 9.17) is 4.74 Å². The summed E-state index contributed by atoms with van der Waals surface area (Å²) in [7, 11) is 0. The summed E-state index contributed by atoms with van der Waals surface area (Å²) in [5.74, 6) is -0.895. The number of carbonyl (C=O) groups is 2. The zero-order valence-corrected chi connectivity index (χ0v) is 16.5. The van der Waals surface area contributed by atoms with Gasteiger partial charge in [0, 0.05) is 18.5 Å². The molecule has 0 aliphatic carbocycles. The minimum Gasteiger partial charge on any atom is -0.484 e. The van der Waals surface area contributed by atoms with E-state index >= 15 is 0 Å². The average molecular weight is 446 g/mol. The number of fused-ring (bicyclic) bond motifs is 2. The van der Waals surface area contributed by atoms with Gasteiger partial charge in [0.15, 0.2) is 6.61 Å². The minimum absolute atomic E-state index is 0.138. The molecule has 2 aromatic carbocycles. The quantitative estimate of drug-likeness (QED) is 0.599. The standard InChI is InChI=1S/C21H17F3N4O4/c22-21(23,24)13-3-1-4-14(10-13)32-11-18(29)26-27-19(30)12-6-7-15-16(9-12)25-17-5-2-8-28(17)20(15)31/h1,3-4,6-7,9-10H,2,5,8,11H2,(H,26,29)(H,27,30). The summed E-state index contributed by atoms with van der Waals surface area (Å²) in [6.07, 6.45) is -3.01. The molecule has 2 N–H and O–H groups in total. The third kappa shape index (κ3) is 4.41. The highest BCUT2D eigenvalue weighted by Crippen LogP contribution is 2.31. The molecule has 0 saturated carbocycles. The van der Waals surface area contributed by atoms with Crippen LogP contribution in [-0.2, 0) is 23.9 Å². The van der Waals surface area contributed by atoms with Crippen molar-refractivity contribution in [2.24, 2.45) is 0 Å². The van der Waals surface area contributed by atoms with E-state index in [1.165, 1.54) is 24.3 Å². The highest BCUT2D eigenvalue weighted by Gasteiger charge is 2.30. The first kappa shape index (κ1) is 21.3. The zero-order valence-electron chi connectivity index (χ0n) is 16.5. The molecule has 1 aliphatic rings. The number of nitrogens with zero attached hydrogens (tertiary/aromatic N) is 2. The van der Waals surface area contributed by atoms with Crippen LogP contribution in [0.25, 0.3) is 10.9 Å². The first-order chi connectivity index (χ1) is 15.2. The minimum atomic E-state index is -4.53. The second kappa shape index (κ2) is 8.33. The van der Waals surface area contributed by atoms with Crippen molar-refractivity contribution in [3.63, 3.8) is 0 Å². The fourth-order valence-corrected chi connectivity index (χ4v) is 3.37. The lowest BCUT2D eigenvalue weighted by Gasteiger charge is -2.11. The molecule has 0 spiro atoms. The number of alkyl halides is 3. The molecule has 0 fully saturated rings. The van der Waals surface area contributed by atoms with Crippen LogP contribution in [0.4, 0.5) is 13.2 Å². The molecule has 1 aliphatic heterocycles. The fraction of sp³-hybridized carbons (Fsp3) is 0.238. The Balaban J connectivity index is 1.36. The average Bonchev–Trinajstić information content (AvgIpc) is 3.24. The van der Waals surface area contributed by atoms with Crippen molar-refractivity contribution in [3.05, 3.63) is 69.8 Å². The Labute approximate surface area is 179 Å². The molecule has 1 aromatic heterocycles. The molecule has 11 heteroatoms. The number of aromatic nitrogens is 2. The Morgan fingerprint density at radius 3 is 2.72 bits per heavy atom. The van der Waals surface area contributed by atoms with Gasteiger partial charge < -0.3 is 4.74 Å². The molecule has 0 radical (unpaired) electrons. The van der Waals surface area contributed by atoms with Crippen molar-refractivity contribution in [2.75, 3.05) is 6.61 Å². The van der Waals surface area contributed by atoms with Crippen molar-refractivity contribution in [1.29, 1.82) is 0 Å². The number of amides is 2. The van der Waals surface area contributed by atoms with Crippen molar-refractivity contribution < 1.29 is 27.5 Å². The van der Waals surface area contributed by atoms with E-state index in [1.807, 2.05) is 0 Å². The lowest BCUT2D eigenvalue weighted by molar-refractivity contribution is -0.137. The molecule has 0 saturated heterocycles. The van der Waals surface area contributed by atoms with Gasteiger partial charge in [-0.3, -0.25) is 29.8 Å². The summed E-state index contributed by atoms with van der Waals surface area (Å²) >= 11 is 0. The molecular weight excluding hydrogens is 429 g/mol. The van der Waals surface area contributed by atoms with E-state index in [0.29, 0.717) is 29.7 Å². The predicted octanol–water partition coefficient (Wildman–Crippen LogP) is 2.20. The number of halogens is 3. The normalized spacial score (nSPS) is 13.0. The molecule has 3 aromatic rings. The molecule has 0 unspecified atom stereocenters. The molecule has 32 heavy (non-hydrogen) atoms. The smallest absolute Gasteiger partial charge is 0.416 e. The van der Waals surface area contributed by atoms with Crippen molar-refractivity contribution >= 4 is 22.7 Å². The number of hydrogen-bond donors (Lipinski definition) is 2. The first-order valence-corrected chi connectivity index (χ1v) is 9.65. The molecule has 0 atom stereocenters. The number of ether oxygens (including phenoxy) is 1. The highest BCUT2D eigenvalue weighted by molar-refractivity contribution is 5.98. The van der Waals surface area contributed by atoms with E-state index in [9.17, 15) is 27.6 Å². The van der Waals surface area contributed by atoms with Crippen LogP contribution >= 0.6 is 0 Å². The largest absolute Gasteiger partial charge is 0.484 e. The number of aryl methyl sites for hydroxylation is 1. The Morgan fingerprint density at radius 2 is 1.94 bits per heavy atom. The zero-order chi connectivity index (χ0) is 22.9. The fourth-order valence-electron chi connectivity index (χ4n) is 3.37. The van der Waals surface area contributed by atoms with E-state index in [0.717, 1.165) is 24.6 Å². The lowest BCUT2D eigenvalue weighted by atomic mass is 10.1. The van der Waals surface area contributed by atoms with E-state index in [1.54, 1.807) is 4.57 Å². The van der Waals surface area contributed by atoms with Crippen LogP contribution < -0.4 is 21.1 Å². The second-order valence-corrected chi connectivity index (χ2v) is 7.14. The van der Waals surface area contributed by atoms with Crippen LogP contribution in [0.1, 0.15) is 28.2 Å². The molecule has 0 bridgehead atoms. The summed E-state index contributed by atoms with van der Waals surface area (Å²) in [5.41, 5.74) is 3.81. The highest BCUT2D eigenvalue weighted by atomic mass is 19.4. The van der Waals surface area contributed by atoms with Crippen LogP contribution in [-0.4, -0.2) is 28.0 Å². The summed E-state index contributed by atoms with van der Waals surface area (Å²) in [6, 6.07) is 8.49. The molecular formula is C21H17F3N4O4. The molecule has 2 amide bonds. The molecule has 166 valence electrons. The van der Waals surface area contributed by atoms with E-state index in [-0.39, 0.29) is 16.9 Å². The maximum atomic E-state index is 12.7. The van der Waals surface area contributed by atoms with Gasteiger partial charge in [-0.15, -0.1) is 0 Å². The van der Waals surface area contributed by atoms with Gasteiger partial charge in [-0.05, 0) is 42.8 Å². The van der Waals surface area contributed by atoms with Crippen molar-refractivity contribution in [2.45, 2.75) is 25.6 Å². The van der Waals surface area contributed by atoms with Crippen LogP contribution in [0.5, 0.6) is 5.75 Å². The maximum absolute atomic E-state index is 12.7. The number of nitrogens with one attached hydrogen (secondary N) is 2. The SMILES string of the molecule is O=C(COc1cccc(C(F)(F)F)c1)NNC(=O)c1ccc2c(=O)n3c(nc2c1)CCC3. The third-order valence-corrected chi connectivity index (χ3v) is 4.93. The van der Waals surface area contributed by atoms with Gasteiger partial charge in [0.2, 0.25) is 0 Å². The number of benzene rings is 2. The molecule has 8 nitrogen and oxygen atoms in total. The van der Waals surface area contributed by atoms with Crippen molar-refractivity contribution in [3.8, 4) is 5.75 Å². The lowest BCUT2D eigenvalue weighted by Crippen LogP contribution is -2.43. The molecule has 2 heterocycles. The van der Waals surface area contributed by atoms with Crippen molar-refractivity contribution in [1.82, 2.24) is 20.4 Å². The summed E-state index contributed by atoms with van der Waals surface area (Å²) in [6.45, 7) is 0.0116. The monoisotopic (exact) mass is 446 g/mol. The predicted molar refractivity (Wildman–Crippen MR) is 107 cm³/mol. The van der Waals surface area contributed by atoms with Crippen LogP contribution in [0.2, 0.25) is 0 Å². The second-order valence-electron chi connectivity index (χ2n) is 7.14. The Kier molecular flexibility index (Phi) is 5.56. The number of rotatable bonds is 4. The number of carbonyl (C=O) groups excluding carboxylic acids is 2. The first-order valence-electron chi connectivity index (χ1n) is 9.65. The van der Waals surface area contributed by atoms with Gasteiger partial charge >= 0.3 is 6.18 Å². The van der Waals surface area contributed by atoms with E-state index < -0.39 is 30.2 Å². The van der Waals surface area contributed by atoms with Crippen LogP contribution in [0, 0.1) is 0 Å². The summed E-state index contributed by atoms with van der Waals surface area (Å²) in [5, 5.41) is 0.394. The third-order valence-electron chi connectivity index (χ3n) is 4.93. The number of hydrogen-bond acceptors (Lipinski definition) is 5. The van der Waals surface area contributed by atoms with Crippen LogP contribution in [0.3, 0.4) is 0 Å².